The Bertz CT molecular complexity index is 453. The van der Waals surface area contributed by atoms with Crippen LogP contribution in [0.15, 0.2) is 18.2 Å². The minimum absolute atomic E-state index is 0.0570. The zero-order valence-electron chi connectivity index (χ0n) is 11.7. The van der Waals surface area contributed by atoms with Crippen LogP contribution in [-0.4, -0.2) is 29.9 Å². The van der Waals surface area contributed by atoms with Crippen LogP contribution in [0.3, 0.4) is 0 Å². The van der Waals surface area contributed by atoms with Crippen molar-refractivity contribution >= 4 is 5.91 Å². The van der Waals surface area contributed by atoms with E-state index in [1.165, 1.54) is 18.6 Å². The minimum Gasteiger partial charge on any atom is -0.341 e. The standard InChI is InChI=1S/C15H20F2N2O/c1-11(15(20)19-5-3-2-4-6-19)18-10-12-7-13(16)9-14(17)8-12/h7-9,11,18H,2-6,10H2,1H3. The van der Waals surface area contributed by atoms with Crippen molar-refractivity contribution in [2.45, 2.75) is 38.8 Å². The lowest BCUT2D eigenvalue weighted by Crippen LogP contribution is -2.46. The Morgan fingerprint density at radius 1 is 1.20 bits per heavy atom. The number of hydrogen-bond donors (Lipinski definition) is 1. The Labute approximate surface area is 118 Å². The van der Waals surface area contributed by atoms with Crippen molar-refractivity contribution < 1.29 is 13.6 Å². The fourth-order valence-electron chi connectivity index (χ4n) is 2.46. The molecule has 1 atom stereocenters. The van der Waals surface area contributed by atoms with Gasteiger partial charge in [0.05, 0.1) is 6.04 Å². The predicted octanol–water partition coefficient (Wildman–Crippen LogP) is 2.46. The van der Waals surface area contributed by atoms with Crippen molar-refractivity contribution in [2.24, 2.45) is 0 Å². The summed E-state index contributed by atoms with van der Waals surface area (Å²) in [6.45, 7) is 3.67. The van der Waals surface area contributed by atoms with Crippen molar-refractivity contribution in [3.05, 3.63) is 35.4 Å². The highest BCUT2D eigenvalue weighted by atomic mass is 19.1. The number of piperidine rings is 1. The molecule has 0 spiro atoms. The van der Waals surface area contributed by atoms with Crippen molar-refractivity contribution in [3.8, 4) is 0 Å². The van der Waals surface area contributed by atoms with E-state index in [0.717, 1.165) is 32.0 Å². The molecule has 1 unspecified atom stereocenters. The number of benzene rings is 1. The van der Waals surface area contributed by atoms with Gasteiger partial charge in [-0.3, -0.25) is 4.79 Å². The van der Waals surface area contributed by atoms with E-state index in [0.29, 0.717) is 5.56 Å². The molecule has 0 bridgehead atoms. The maximum absolute atomic E-state index is 13.1. The minimum atomic E-state index is -0.600. The van der Waals surface area contributed by atoms with E-state index in [1.54, 1.807) is 6.92 Å². The number of nitrogens with one attached hydrogen (secondary N) is 1. The summed E-state index contributed by atoms with van der Waals surface area (Å²) < 4.78 is 26.1. The molecule has 2 rings (SSSR count). The molecule has 1 aromatic rings. The second kappa shape index (κ2) is 6.79. The third-order valence-corrected chi connectivity index (χ3v) is 3.57. The van der Waals surface area contributed by atoms with Gasteiger partial charge >= 0.3 is 0 Å². The molecule has 1 fully saturated rings. The fourth-order valence-corrected chi connectivity index (χ4v) is 2.46. The first-order valence-electron chi connectivity index (χ1n) is 7.03. The number of likely N-dealkylation sites (tertiary alicyclic amines) is 1. The molecule has 110 valence electrons. The van der Waals surface area contributed by atoms with Crippen molar-refractivity contribution in [1.29, 1.82) is 0 Å². The van der Waals surface area contributed by atoms with Crippen molar-refractivity contribution in [2.75, 3.05) is 13.1 Å². The highest BCUT2D eigenvalue weighted by Crippen LogP contribution is 2.11. The number of carbonyl (C=O) groups excluding carboxylic acids is 1. The van der Waals surface area contributed by atoms with E-state index in [-0.39, 0.29) is 18.5 Å². The van der Waals surface area contributed by atoms with E-state index in [4.69, 9.17) is 0 Å². The van der Waals surface area contributed by atoms with E-state index in [2.05, 4.69) is 5.32 Å². The second-order valence-corrected chi connectivity index (χ2v) is 5.27. The average Bonchev–Trinajstić information content (AvgIpc) is 2.44. The third-order valence-electron chi connectivity index (χ3n) is 3.57. The van der Waals surface area contributed by atoms with E-state index in [1.807, 2.05) is 4.90 Å². The third kappa shape index (κ3) is 4.00. The quantitative estimate of drug-likeness (QED) is 0.920. The number of amides is 1. The lowest BCUT2D eigenvalue weighted by molar-refractivity contribution is -0.133. The van der Waals surface area contributed by atoms with Gasteiger partial charge in [0.1, 0.15) is 11.6 Å². The predicted molar refractivity (Wildman–Crippen MR) is 73.1 cm³/mol. The molecule has 0 aliphatic carbocycles. The van der Waals surface area contributed by atoms with Gasteiger partial charge in [-0.25, -0.2) is 8.78 Å². The Hall–Kier alpha value is -1.49. The van der Waals surface area contributed by atoms with Gasteiger partial charge in [-0.2, -0.15) is 0 Å². The molecule has 3 nitrogen and oxygen atoms in total. The zero-order chi connectivity index (χ0) is 14.5. The van der Waals surface area contributed by atoms with Crippen LogP contribution in [0.25, 0.3) is 0 Å². The molecular formula is C15H20F2N2O. The van der Waals surface area contributed by atoms with Crippen LogP contribution in [0, 0.1) is 11.6 Å². The molecule has 1 aliphatic heterocycles. The zero-order valence-corrected chi connectivity index (χ0v) is 11.7. The molecule has 1 N–H and O–H groups in total. The van der Waals surface area contributed by atoms with E-state index < -0.39 is 11.6 Å². The molecule has 1 aliphatic rings. The number of hydrogen-bond acceptors (Lipinski definition) is 2. The Kier molecular flexibility index (Phi) is 5.06. The highest BCUT2D eigenvalue weighted by Gasteiger charge is 2.21. The molecule has 0 radical (unpaired) electrons. The molecule has 1 amide bonds. The van der Waals surface area contributed by atoms with Gasteiger partial charge in [0, 0.05) is 25.7 Å². The Morgan fingerprint density at radius 3 is 2.40 bits per heavy atom. The summed E-state index contributed by atoms with van der Waals surface area (Å²) in [6, 6.07) is 3.04. The smallest absolute Gasteiger partial charge is 0.239 e. The lowest BCUT2D eigenvalue weighted by Gasteiger charge is -2.29. The summed E-state index contributed by atoms with van der Waals surface area (Å²) in [5.41, 5.74) is 0.501. The largest absolute Gasteiger partial charge is 0.341 e. The molecular weight excluding hydrogens is 262 g/mol. The summed E-state index contributed by atoms with van der Waals surface area (Å²) in [4.78, 5) is 14.0. The highest BCUT2D eigenvalue weighted by molar-refractivity contribution is 5.81. The van der Waals surface area contributed by atoms with Gasteiger partial charge in [0.25, 0.3) is 0 Å². The first-order chi connectivity index (χ1) is 9.56. The number of halogens is 2. The van der Waals surface area contributed by atoms with Gasteiger partial charge in [-0.05, 0) is 43.9 Å². The molecule has 1 saturated heterocycles. The van der Waals surface area contributed by atoms with Crippen LogP contribution in [0.1, 0.15) is 31.7 Å². The molecule has 0 aromatic heterocycles. The summed E-state index contributed by atoms with van der Waals surface area (Å²) in [5, 5.41) is 3.03. The van der Waals surface area contributed by atoms with Crippen LogP contribution in [-0.2, 0) is 11.3 Å². The second-order valence-electron chi connectivity index (χ2n) is 5.27. The summed E-state index contributed by atoms with van der Waals surface area (Å²) in [6.07, 6.45) is 3.27. The van der Waals surface area contributed by atoms with Crippen molar-refractivity contribution in [1.82, 2.24) is 10.2 Å². The van der Waals surface area contributed by atoms with Gasteiger partial charge < -0.3 is 10.2 Å². The number of carbonyl (C=O) groups is 1. The Balaban J connectivity index is 1.87. The van der Waals surface area contributed by atoms with Crippen LogP contribution in [0.2, 0.25) is 0 Å². The lowest BCUT2D eigenvalue weighted by atomic mass is 10.1. The first-order valence-corrected chi connectivity index (χ1v) is 7.03. The van der Waals surface area contributed by atoms with Gasteiger partial charge in [-0.15, -0.1) is 0 Å². The normalized spacial score (nSPS) is 17.1. The maximum Gasteiger partial charge on any atom is 0.239 e. The molecule has 1 heterocycles. The average molecular weight is 282 g/mol. The summed E-state index contributed by atoms with van der Waals surface area (Å²) in [7, 11) is 0. The monoisotopic (exact) mass is 282 g/mol. The summed E-state index contributed by atoms with van der Waals surface area (Å²) >= 11 is 0. The van der Waals surface area contributed by atoms with Crippen LogP contribution in [0.5, 0.6) is 0 Å². The van der Waals surface area contributed by atoms with Gasteiger partial charge in [0.15, 0.2) is 0 Å². The van der Waals surface area contributed by atoms with Crippen LogP contribution in [0.4, 0.5) is 8.78 Å². The molecule has 1 aromatic carbocycles. The van der Waals surface area contributed by atoms with Crippen LogP contribution >= 0.6 is 0 Å². The SMILES string of the molecule is CC(NCc1cc(F)cc(F)c1)C(=O)N1CCCCC1. The number of rotatable bonds is 4. The van der Waals surface area contributed by atoms with E-state index in [9.17, 15) is 13.6 Å². The van der Waals surface area contributed by atoms with Crippen LogP contribution < -0.4 is 5.32 Å². The first kappa shape index (κ1) is 14.9. The molecule has 0 saturated carbocycles. The maximum atomic E-state index is 13.1. The fraction of sp³-hybridized carbons (Fsp3) is 0.533. The molecule has 20 heavy (non-hydrogen) atoms. The van der Waals surface area contributed by atoms with E-state index >= 15 is 0 Å². The van der Waals surface area contributed by atoms with Gasteiger partial charge in [0.2, 0.25) is 5.91 Å². The number of nitrogens with zero attached hydrogens (tertiary/aromatic N) is 1. The Morgan fingerprint density at radius 2 is 1.80 bits per heavy atom. The topological polar surface area (TPSA) is 32.3 Å². The summed E-state index contributed by atoms with van der Waals surface area (Å²) in [5.74, 6) is -1.14. The van der Waals surface area contributed by atoms with Gasteiger partial charge in [-0.1, -0.05) is 0 Å². The molecule has 5 heteroatoms. The van der Waals surface area contributed by atoms with Crippen molar-refractivity contribution in [3.63, 3.8) is 0 Å².